The molecule has 0 saturated carbocycles. The van der Waals surface area contributed by atoms with Gasteiger partial charge in [0.25, 0.3) is 0 Å². The van der Waals surface area contributed by atoms with Crippen LogP contribution in [0.5, 0.6) is 0 Å². The van der Waals surface area contributed by atoms with Crippen molar-refractivity contribution in [3.05, 3.63) is 29.8 Å². The quantitative estimate of drug-likeness (QED) is 0.434. The fraction of sp³-hybridized carbons (Fsp3) is 0.647. The van der Waals surface area contributed by atoms with Crippen LogP contribution in [0, 0.1) is 0 Å². The van der Waals surface area contributed by atoms with Crippen molar-refractivity contribution >= 4 is 20.9 Å². The van der Waals surface area contributed by atoms with Gasteiger partial charge < -0.3 is 23.4 Å². The third-order valence-corrected chi connectivity index (χ3v) is 9.09. The molecule has 7 nitrogen and oxygen atoms in total. The van der Waals surface area contributed by atoms with Gasteiger partial charge in [-0.2, -0.15) is 0 Å². The van der Waals surface area contributed by atoms with E-state index < -0.39 is 20.7 Å². The smallest absolute Gasteiger partial charge is 0.362 e. The normalized spacial score (nSPS) is 12.5. The molecule has 0 amide bonds. The van der Waals surface area contributed by atoms with Crippen molar-refractivity contribution in [2.45, 2.75) is 46.6 Å². The highest BCUT2D eigenvalue weighted by Crippen LogP contribution is 2.70. The second-order valence-electron chi connectivity index (χ2n) is 5.32. The summed E-state index contributed by atoms with van der Waals surface area (Å²) in [5.74, 6) is 0. The molecule has 0 radical (unpaired) electrons. The first-order valence-electron chi connectivity index (χ1n) is 9.02. The Bertz CT molecular complexity index is 589. The molecule has 26 heavy (non-hydrogen) atoms. The van der Waals surface area contributed by atoms with Crippen LogP contribution in [0.1, 0.15) is 40.2 Å². The van der Waals surface area contributed by atoms with Crippen molar-refractivity contribution in [3.63, 3.8) is 0 Å². The van der Waals surface area contributed by atoms with Crippen molar-refractivity contribution in [1.82, 2.24) is 0 Å². The number of aryl methyl sites for hydroxylation is 1. The Balaban J connectivity index is 3.38. The fourth-order valence-electron chi connectivity index (χ4n) is 2.44. The van der Waals surface area contributed by atoms with E-state index in [0.29, 0.717) is 5.69 Å². The van der Waals surface area contributed by atoms with E-state index in [0.717, 1.165) is 12.0 Å². The second kappa shape index (κ2) is 11.2. The highest BCUT2D eigenvalue weighted by atomic mass is 31.2. The van der Waals surface area contributed by atoms with Crippen LogP contribution >= 0.6 is 15.2 Å². The first kappa shape index (κ1) is 23.4. The average Bonchev–Trinajstić information content (AvgIpc) is 2.60. The maximum absolute atomic E-state index is 13.4. The van der Waals surface area contributed by atoms with E-state index in [4.69, 9.17) is 18.1 Å². The summed E-state index contributed by atoms with van der Waals surface area (Å²) in [5.41, 5.74) is 0.467. The lowest BCUT2D eigenvalue weighted by Gasteiger charge is -2.32. The largest absolute Gasteiger partial charge is 0.365 e. The molecule has 1 N–H and O–H groups in total. The van der Waals surface area contributed by atoms with E-state index in [-0.39, 0.29) is 26.4 Å². The van der Waals surface area contributed by atoms with Crippen LogP contribution in [-0.4, -0.2) is 32.0 Å². The van der Waals surface area contributed by atoms with Gasteiger partial charge in [0.2, 0.25) is 5.52 Å². The lowest BCUT2D eigenvalue weighted by molar-refractivity contribution is 0.198. The van der Waals surface area contributed by atoms with Crippen molar-refractivity contribution < 1.29 is 27.2 Å². The van der Waals surface area contributed by atoms with Gasteiger partial charge in [-0.05, 0) is 51.8 Å². The second-order valence-corrected chi connectivity index (χ2v) is 9.95. The Morgan fingerprint density at radius 3 is 1.69 bits per heavy atom. The molecule has 1 aromatic rings. The van der Waals surface area contributed by atoms with Gasteiger partial charge in [0.05, 0.1) is 26.4 Å². The third kappa shape index (κ3) is 6.19. The monoisotopic (exact) mass is 407 g/mol. The van der Waals surface area contributed by atoms with Crippen molar-refractivity contribution in [2.75, 3.05) is 31.7 Å². The molecule has 0 aliphatic carbocycles. The number of nitrogens with one attached hydrogen (secondary N) is 1. The van der Waals surface area contributed by atoms with Gasteiger partial charge in [0, 0.05) is 5.69 Å². The Labute approximate surface area is 156 Å². The minimum Gasteiger partial charge on any atom is -0.362 e. The molecule has 0 aliphatic heterocycles. The first-order chi connectivity index (χ1) is 12.4. The maximum Gasteiger partial charge on any atom is 0.365 e. The van der Waals surface area contributed by atoms with Crippen molar-refractivity contribution in [1.29, 1.82) is 0 Å². The molecule has 0 aromatic heterocycles. The summed E-state index contributed by atoms with van der Waals surface area (Å²) >= 11 is 0. The average molecular weight is 407 g/mol. The van der Waals surface area contributed by atoms with Crippen LogP contribution in [0.15, 0.2) is 24.3 Å². The van der Waals surface area contributed by atoms with Crippen molar-refractivity contribution in [2.24, 2.45) is 0 Å². The lowest BCUT2D eigenvalue weighted by Crippen LogP contribution is -2.25. The minimum atomic E-state index is -3.82. The molecule has 0 unspecified atom stereocenters. The SMILES string of the molecule is CCOP(=O)(OCC)C(Nc1cccc(CC)c1)P(=O)(OCC)OCC. The van der Waals surface area contributed by atoms with Crippen LogP contribution in [0.25, 0.3) is 0 Å². The Morgan fingerprint density at radius 1 is 0.846 bits per heavy atom. The van der Waals surface area contributed by atoms with Gasteiger partial charge in [-0.1, -0.05) is 19.1 Å². The number of hydrogen-bond acceptors (Lipinski definition) is 7. The highest BCUT2D eigenvalue weighted by Gasteiger charge is 2.51. The topological polar surface area (TPSA) is 83.1 Å². The molecule has 0 aliphatic rings. The van der Waals surface area contributed by atoms with E-state index in [1.165, 1.54) is 0 Å². The first-order valence-corrected chi connectivity index (χ1v) is 12.2. The zero-order valence-electron chi connectivity index (χ0n) is 16.3. The van der Waals surface area contributed by atoms with E-state index in [2.05, 4.69) is 5.32 Å². The van der Waals surface area contributed by atoms with Crippen LogP contribution in [0.4, 0.5) is 5.69 Å². The molecule has 0 fully saturated rings. The van der Waals surface area contributed by atoms with E-state index in [1.807, 2.05) is 25.1 Å². The van der Waals surface area contributed by atoms with Gasteiger partial charge >= 0.3 is 15.2 Å². The molecule has 0 saturated heterocycles. The summed E-state index contributed by atoms with van der Waals surface area (Å²) in [6, 6.07) is 7.56. The highest BCUT2D eigenvalue weighted by molar-refractivity contribution is 7.72. The zero-order valence-corrected chi connectivity index (χ0v) is 18.1. The van der Waals surface area contributed by atoms with Crippen molar-refractivity contribution in [3.8, 4) is 0 Å². The summed E-state index contributed by atoms with van der Waals surface area (Å²) in [6.07, 6.45) is 0.837. The summed E-state index contributed by atoms with van der Waals surface area (Å²) < 4.78 is 48.6. The number of anilines is 1. The van der Waals surface area contributed by atoms with Crippen LogP contribution in [0.2, 0.25) is 0 Å². The molecule has 0 bridgehead atoms. The maximum atomic E-state index is 13.4. The predicted octanol–water partition coefficient (Wildman–Crippen LogP) is 5.48. The van der Waals surface area contributed by atoms with E-state index in [9.17, 15) is 9.13 Å². The van der Waals surface area contributed by atoms with Crippen LogP contribution in [0.3, 0.4) is 0 Å². The molecule has 0 heterocycles. The molecule has 150 valence electrons. The fourth-order valence-corrected chi connectivity index (χ4v) is 7.39. The van der Waals surface area contributed by atoms with Crippen LogP contribution < -0.4 is 5.32 Å². The van der Waals surface area contributed by atoms with Gasteiger partial charge in [0.15, 0.2) is 0 Å². The van der Waals surface area contributed by atoms with E-state index >= 15 is 0 Å². The Kier molecular flexibility index (Phi) is 10.1. The standard InChI is InChI=1S/C17H31NO6P2/c1-6-15-12-11-13-16(14-15)18-17(25(19,21-7-2)22-8-3)26(20,23-9-4)24-10-5/h11-14,17-18H,6-10H2,1-5H3. The lowest BCUT2D eigenvalue weighted by atomic mass is 10.1. The van der Waals surface area contributed by atoms with Gasteiger partial charge in [-0.15, -0.1) is 0 Å². The summed E-state index contributed by atoms with van der Waals surface area (Å²) in [7, 11) is -7.65. The van der Waals surface area contributed by atoms with Gasteiger partial charge in [-0.25, -0.2) is 0 Å². The number of hydrogen-bond donors (Lipinski definition) is 1. The van der Waals surface area contributed by atoms with Gasteiger partial charge in [-0.3, -0.25) is 9.13 Å². The summed E-state index contributed by atoms with van der Waals surface area (Å²) in [4.78, 5) is 0. The van der Waals surface area contributed by atoms with E-state index in [1.54, 1.807) is 33.8 Å². The zero-order chi connectivity index (χ0) is 19.6. The minimum absolute atomic E-state index is 0.142. The molecule has 9 heteroatoms. The molecular weight excluding hydrogens is 376 g/mol. The Morgan fingerprint density at radius 2 is 1.31 bits per heavy atom. The van der Waals surface area contributed by atoms with Crippen LogP contribution in [-0.2, 0) is 33.6 Å². The molecule has 0 spiro atoms. The summed E-state index contributed by atoms with van der Waals surface area (Å²) in [6.45, 7) is 9.41. The molecule has 1 aromatic carbocycles. The number of rotatable bonds is 13. The molecule has 0 atom stereocenters. The summed E-state index contributed by atoms with van der Waals surface area (Å²) in [5, 5.41) is 3.05. The molecular formula is C17H31NO6P2. The predicted molar refractivity (Wildman–Crippen MR) is 105 cm³/mol. The number of benzene rings is 1. The third-order valence-electron chi connectivity index (χ3n) is 3.47. The molecule has 1 rings (SSSR count). The Hall–Kier alpha value is -0.680. The van der Waals surface area contributed by atoms with Gasteiger partial charge in [0.1, 0.15) is 0 Å².